The third-order valence-electron chi connectivity index (χ3n) is 2.73. The lowest BCUT2D eigenvalue weighted by atomic mass is 10.0. The van der Waals surface area contributed by atoms with Crippen LogP contribution >= 0.6 is 0 Å². The van der Waals surface area contributed by atoms with Gasteiger partial charge in [0.15, 0.2) is 0 Å². The van der Waals surface area contributed by atoms with Crippen LogP contribution in [0.4, 0.5) is 0 Å². The van der Waals surface area contributed by atoms with Crippen molar-refractivity contribution in [3.8, 4) is 0 Å². The Bertz CT molecular complexity index is 198. The van der Waals surface area contributed by atoms with Crippen LogP contribution < -0.4 is 10.6 Å². The van der Waals surface area contributed by atoms with Crippen molar-refractivity contribution >= 4 is 5.91 Å². The molecule has 1 amide bonds. The van der Waals surface area contributed by atoms with Gasteiger partial charge >= 0.3 is 0 Å². The number of carbonyl (C=O) groups excluding carboxylic acids is 1. The van der Waals surface area contributed by atoms with Crippen molar-refractivity contribution < 1.29 is 9.53 Å². The van der Waals surface area contributed by atoms with Crippen LogP contribution in [-0.2, 0) is 9.53 Å². The van der Waals surface area contributed by atoms with Crippen LogP contribution in [0, 0.1) is 0 Å². The summed E-state index contributed by atoms with van der Waals surface area (Å²) in [6, 6.07) is 0.304. The number of amides is 1. The molecule has 0 saturated carbocycles. The molecule has 1 aliphatic heterocycles. The normalized spacial score (nSPS) is 19.4. The highest BCUT2D eigenvalue weighted by molar-refractivity contribution is 5.84. The minimum absolute atomic E-state index is 0.0214. The zero-order valence-corrected chi connectivity index (χ0v) is 9.22. The predicted octanol–water partition coefficient (Wildman–Crippen LogP) is 0.280. The molecule has 82 valence electrons. The fraction of sp³-hybridized carbons (Fsp3) is 0.900. The number of hydrogen-bond donors (Lipinski definition) is 2. The van der Waals surface area contributed by atoms with Gasteiger partial charge in [-0.2, -0.15) is 0 Å². The third kappa shape index (κ3) is 2.96. The molecular weight excluding hydrogens is 180 g/mol. The molecule has 1 rings (SSSR count). The van der Waals surface area contributed by atoms with Crippen LogP contribution in [0.15, 0.2) is 0 Å². The van der Waals surface area contributed by atoms with Gasteiger partial charge in [-0.1, -0.05) is 0 Å². The maximum Gasteiger partial charge on any atom is 0.251 e. The first kappa shape index (κ1) is 11.5. The van der Waals surface area contributed by atoms with Crippen molar-refractivity contribution in [1.29, 1.82) is 0 Å². The van der Waals surface area contributed by atoms with Crippen molar-refractivity contribution in [3.63, 3.8) is 0 Å². The Morgan fingerprint density at radius 1 is 1.43 bits per heavy atom. The summed E-state index contributed by atoms with van der Waals surface area (Å²) in [4.78, 5) is 11.7. The first-order valence-corrected chi connectivity index (χ1v) is 5.13. The number of carbonyl (C=O) groups is 1. The van der Waals surface area contributed by atoms with Crippen molar-refractivity contribution in [3.05, 3.63) is 0 Å². The van der Waals surface area contributed by atoms with Crippen LogP contribution in [0.25, 0.3) is 0 Å². The Morgan fingerprint density at radius 3 is 2.50 bits per heavy atom. The lowest BCUT2D eigenvalue weighted by molar-refractivity contribution is -0.140. The second-order valence-corrected chi connectivity index (χ2v) is 4.21. The Kier molecular flexibility index (Phi) is 3.89. The van der Waals surface area contributed by atoms with Gasteiger partial charge in [0.2, 0.25) is 0 Å². The van der Waals surface area contributed by atoms with Gasteiger partial charge in [0.1, 0.15) is 5.60 Å². The van der Waals surface area contributed by atoms with Crippen LogP contribution in [0.2, 0.25) is 0 Å². The summed E-state index contributed by atoms with van der Waals surface area (Å²) in [5, 5.41) is 6.26. The Labute approximate surface area is 85.4 Å². The summed E-state index contributed by atoms with van der Waals surface area (Å²) in [6.07, 6.45) is 2.01. The first-order chi connectivity index (χ1) is 6.56. The second-order valence-electron chi connectivity index (χ2n) is 4.21. The Hall–Kier alpha value is -0.610. The van der Waals surface area contributed by atoms with Gasteiger partial charge in [-0.25, -0.2) is 0 Å². The summed E-state index contributed by atoms with van der Waals surface area (Å²) in [7, 11) is 1.56. The maximum absolute atomic E-state index is 11.7. The molecule has 4 nitrogen and oxygen atoms in total. The highest BCUT2D eigenvalue weighted by Crippen LogP contribution is 2.10. The van der Waals surface area contributed by atoms with Gasteiger partial charge in [0, 0.05) is 13.2 Å². The van der Waals surface area contributed by atoms with Gasteiger partial charge in [-0.3, -0.25) is 4.79 Å². The van der Waals surface area contributed by atoms with Crippen molar-refractivity contribution in [2.45, 2.75) is 38.3 Å². The number of rotatable bonds is 3. The number of ether oxygens (including phenoxy) is 1. The molecule has 0 unspecified atom stereocenters. The Balaban J connectivity index is 2.39. The van der Waals surface area contributed by atoms with Crippen LogP contribution in [0.1, 0.15) is 26.7 Å². The molecule has 4 heteroatoms. The molecule has 0 aliphatic carbocycles. The average molecular weight is 200 g/mol. The lowest BCUT2D eigenvalue weighted by Crippen LogP contribution is -2.50. The van der Waals surface area contributed by atoms with Gasteiger partial charge in [0.05, 0.1) is 0 Å². The van der Waals surface area contributed by atoms with Gasteiger partial charge in [-0.05, 0) is 39.8 Å². The highest BCUT2D eigenvalue weighted by Gasteiger charge is 2.29. The Morgan fingerprint density at radius 2 is 2.00 bits per heavy atom. The van der Waals surface area contributed by atoms with Crippen molar-refractivity contribution in [2.75, 3.05) is 20.2 Å². The summed E-state index contributed by atoms with van der Waals surface area (Å²) in [5.74, 6) is -0.0214. The molecule has 0 spiro atoms. The van der Waals surface area contributed by atoms with E-state index in [9.17, 15) is 4.79 Å². The fourth-order valence-corrected chi connectivity index (χ4v) is 1.42. The van der Waals surface area contributed by atoms with E-state index < -0.39 is 5.60 Å². The van der Waals surface area contributed by atoms with Gasteiger partial charge in [-0.15, -0.1) is 0 Å². The van der Waals surface area contributed by atoms with Crippen LogP contribution in [0.5, 0.6) is 0 Å². The SMILES string of the molecule is COC(C)(C)C(=O)NC1CCNCC1. The smallest absolute Gasteiger partial charge is 0.251 e. The van der Waals surface area contributed by atoms with E-state index in [0.717, 1.165) is 25.9 Å². The summed E-state index contributed by atoms with van der Waals surface area (Å²) >= 11 is 0. The third-order valence-corrected chi connectivity index (χ3v) is 2.73. The topological polar surface area (TPSA) is 50.4 Å². The molecule has 0 atom stereocenters. The number of hydrogen-bond acceptors (Lipinski definition) is 3. The number of nitrogens with one attached hydrogen (secondary N) is 2. The minimum Gasteiger partial charge on any atom is -0.369 e. The van der Waals surface area contributed by atoms with E-state index >= 15 is 0 Å². The molecule has 0 aromatic rings. The zero-order chi connectivity index (χ0) is 10.6. The van der Waals surface area contributed by atoms with Gasteiger partial charge in [0.25, 0.3) is 5.91 Å². The quantitative estimate of drug-likeness (QED) is 0.688. The summed E-state index contributed by atoms with van der Waals surface area (Å²) < 4.78 is 5.11. The highest BCUT2D eigenvalue weighted by atomic mass is 16.5. The monoisotopic (exact) mass is 200 g/mol. The largest absolute Gasteiger partial charge is 0.369 e. The molecule has 14 heavy (non-hydrogen) atoms. The predicted molar refractivity (Wildman–Crippen MR) is 55.1 cm³/mol. The molecule has 1 heterocycles. The summed E-state index contributed by atoms with van der Waals surface area (Å²) in [5.41, 5.74) is -0.717. The van der Waals surface area contributed by atoms with Crippen LogP contribution in [-0.4, -0.2) is 37.7 Å². The number of methoxy groups -OCH3 is 1. The fourth-order valence-electron chi connectivity index (χ4n) is 1.42. The summed E-state index contributed by atoms with van der Waals surface area (Å²) in [6.45, 7) is 5.53. The maximum atomic E-state index is 11.7. The second kappa shape index (κ2) is 4.75. The molecular formula is C10H20N2O2. The standard InChI is InChI=1S/C10H20N2O2/c1-10(2,14-3)9(13)12-8-4-6-11-7-5-8/h8,11H,4-7H2,1-3H3,(H,12,13). The van der Waals surface area contributed by atoms with E-state index in [4.69, 9.17) is 4.74 Å². The average Bonchev–Trinajstić information content (AvgIpc) is 2.19. The molecule has 2 N–H and O–H groups in total. The zero-order valence-electron chi connectivity index (χ0n) is 9.22. The van der Waals surface area contributed by atoms with E-state index in [1.807, 2.05) is 0 Å². The van der Waals surface area contributed by atoms with E-state index in [2.05, 4.69) is 10.6 Å². The molecule has 0 radical (unpaired) electrons. The van der Waals surface area contributed by atoms with E-state index in [1.54, 1.807) is 21.0 Å². The van der Waals surface area contributed by atoms with E-state index in [-0.39, 0.29) is 5.91 Å². The number of piperidine rings is 1. The molecule has 0 aromatic heterocycles. The molecule has 0 aromatic carbocycles. The minimum atomic E-state index is -0.717. The van der Waals surface area contributed by atoms with Crippen molar-refractivity contribution in [1.82, 2.24) is 10.6 Å². The first-order valence-electron chi connectivity index (χ1n) is 5.13. The molecule has 0 bridgehead atoms. The van der Waals surface area contributed by atoms with Crippen LogP contribution in [0.3, 0.4) is 0 Å². The molecule has 1 fully saturated rings. The van der Waals surface area contributed by atoms with E-state index in [0.29, 0.717) is 6.04 Å². The molecule has 1 aliphatic rings. The molecule has 1 saturated heterocycles. The van der Waals surface area contributed by atoms with E-state index in [1.165, 1.54) is 0 Å². The lowest BCUT2D eigenvalue weighted by Gasteiger charge is -2.28. The van der Waals surface area contributed by atoms with Crippen molar-refractivity contribution in [2.24, 2.45) is 0 Å². The van der Waals surface area contributed by atoms with Gasteiger partial charge < -0.3 is 15.4 Å².